The molecule has 14 heteroatoms. The summed E-state index contributed by atoms with van der Waals surface area (Å²) in [4.78, 5) is 31.3. The molecule has 30 heavy (non-hydrogen) atoms. The van der Waals surface area contributed by atoms with E-state index in [1.807, 2.05) is 12.1 Å². The Bertz CT molecular complexity index is 1090. The Morgan fingerprint density at radius 1 is 1.17 bits per heavy atom. The van der Waals surface area contributed by atoms with Crippen molar-refractivity contribution in [3.8, 4) is 0 Å². The molecule has 4 rings (SSSR count). The van der Waals surface area contributed by atoms with Crippen molar-refractivity contribution in [2.24, 2.45) is 0 Å². The molecule has 0 amide bonds. The van der Waals surface area contributed by atoms with Gasteiger partial charge in [0.2, 0.25) is 0 Å². The first kappa shape index (κ1) is 21.2. The molecule has 2 aromatic heterocycles. The van der Waals surface area contributed by atoms with Gasteiger partial charge in [-0.05, 0) is 24.3 Å². The number of hydrogen-bond donors (Lipinski definition) is 5. The van der Waals surface area contributed by atoms with Crippen molar-refractivity contribution < 1.29 is 33.8 Å². The third kappa shape index (κ3) is 4.33. The van der Waals surface area contributed by atoms with Crippen LogP contribution >= 0.6 is 19.6 Å². The highest BCUT2D eigenvalue weighted by molar-refractivity contribution is 7.99. The van der Waals surface area contributed by atoms with Gasteiger partial charge in [-0.15, -0.1) is 0 Å². The minimum atomic E-state index is -4.75. The van der Waals surface area contributed by atoms with Gasteiger partial charge < -0.3 is 30.5 Å². The predicted molar refractivity (Wildman–Crippen MR) is 104 cm³/mol. The number of hydrogen-bond acceptors (Lipinski definition) is 10. The minimum Gasteiger partial charge on any atom is -0.399 e. The largest absolute Gasteiger partial charge is 0.469 e. The zero-order valence-corrected chi connectivity index (χ0v) is 16.9. The summed E-state index contributed by atoms with van der Waals surface area (Å²) in [6, 6.07) is 7.22. The maximum Gasteiger partial charge on any atom is 0.469 e. The van der Waals surface area contributed by atoms with Crippen LogP contribution in [-0.4, -0.2) is 64.4 Å². The van der Waals surface area contributed by atoms with E-state index in [4.69, 9.17) is 20.3 Å². The molecule has 1 aliphatic rings. The summed E-state index contributed by atoms with van der Waals surface area (Å²) in [7, 11) is -4.75. The van der Waals surface area contributed by atoms with Crippen molar-refractivity contribution in [3.05, 3.63) is 36.9 Å². The van der Waals surface area contributed by atoms with Crippen LogP contribution in [0.5, 0.6) is 0 Å². The molecule has 1 aliphatic heterocycles. The predicted octanol–water partition coefficient (Wildman–Crippen LogP) is 0.288. The van der Waals surface area contributed by atoms with Crippen molar-refractivity contribution in [2.45, 2.75) is 34.5 Å². The number of aliphatic hydroxyl groups is 2. The van der Waals surface area contributed by atoms with Crippen molar-refractivity contribution in [3.63, 3.8) is 0 Å². The number of phosphoric ester groups is 1. The van der Waals surface area contributed by atoms with Crippen molar-refractivity contribution in [1.82, 2.24) is 19.5 Å². The molecule has 6 N–H and O–H groups in total. The lowest BCUT2D eigenvalue weighted by Crippen LogP contribution is -2.33. The third-order valence-electron chi connectivity index (χ3n) is 4.44. The van der Waals surface area contributed by atoms with Crippen molar-refractivity contribution in [2.75, 3.05) is 12.3 Å². The lowest BCUT2D eigenvalue weighted by atomic mass is 10.1. The van der Waals surface area contributed by atoms with E-state index in [0.29, 0.717) is 21.9 Å². The van der Waals surface area contributed by atoms with Gasteiger partial charge in [0.05, 0.1) is 12.9 Å². The Balaban J connectivity index is 1.59. The van der Waals surface area contributed by atoms with Gasteiger partial charge in [-0.3, -0.25) is 9.09 Å². The van der Waals surface area contributed by atoms with Crippen molar-refractivity contribution in [1.29, 1.82) is 0 Å². The average molecular weight is 455 g/mol. The number of nitrogens with two attached hydrogens (primary N) is 1. The SMILES string of the molecule is Nc1ccc(Sc2ncnc3c2ncn3C2OC(COP(=O)(O)O)C(O)C2O)cc1. The standard InChI is InChI=1S/C16H18N5O7PS/c17-8-1-3-9(4-2-8)30-15-11-14(18-6-19-15)21(7-20-11)16-13(23)12(22)10(28-16)5-27-29(24,25)26/h1-4,6-7,10,12-13,16,22-23H,5,17H2,(H2,24,25,26). The van der Waals surface area contributed by atoms with Gasteiger partial charge in [0.1, 0.15) is 35.2 Å². The van der Waals surface area contributed by atoms with Crippen molar-refractivity contribution >= 4 is 36.4 Å². The normalized spacial score (nSPS) is 24.5. The molecule has 160 valence electrons. The van der Waals surface area contributed by atoms with E-state index in [0.717, 1.165) is 4.90 Å². The van der Waals surface area contributed by atoms with Gasteiger partial charge in [0, 0.05) is 10.6 Å². The number of rotatable bonds is 6. The number of imidazole rings is 1. The fourth-order valence-corrected chi connectivity index (χ4v) is 4.18. The number of nitrogens with zero attached hydrogens (tertiary/aromatic N) is 4. The van der Waals surface area contributed by atoms with Crippen LogP contribution in [0.15, 0.2) is 46.8 Å². The molecular formula is C16H18N5O7PS. The summed E-state index contributed by atoms with van der Waals surface area (Å²) < 4.78 is 22.3. The van der Waals surface area contributed by atoms with E-state index >= 15 is 0 Å². The van der Waals surface area contributed by atoms with E-state index in [-0.39, 0.29) is 0 Å². The maximum absolute atomic E-state index is 10.9. The lowest BCUT2D eigenvalue weighted by Gasteiger charge is -2.16. The second-order valence-electron chi connectivity index (χ2n) is 6.51. The summed E-state index contributed by atoms with van der Waals surface area (Å²) in [6.07, 6.45) is -2.33. The Kier molecular flexibility index (Phi) is 5.79. The van der Waals surface area contributed by atoms with Crippen LogP contribution in [-0.2, 0) is 13.8 Å². The van der Waals surface area contributed by atoms with E-state index < -0.39 is 39.0 Å². The molecule has 3 heterocycles. The van der Waals surface area contributed by atoms with Gasteiger partial charge in [-0.1, -0.05) is 11.8 Å². The molecule has 0 saturated carbocycles. The van der Waals surface area contributed by atoms with E-state index in [1.54, 1.807) is 12.1 Å². The highest BCUT2D eigenvalue weighted by atomic mass is 32.2. The van der Waals surface area contributed by atoms with E-state index in [1.165, 1.54) is 29.0 Å². The first-order chi connectivity index (χ1) is 14.2. The van der Waals surface area contributed by atoms with Crippen LogP contribution in [0.2, 0.25) is 0 Å². The second-order valence-corrected chi connectivity index (χ2v) is 8.81. The Labute approximate surface area is 173 Å². The Morgan fingerprint density at radius 2 is 1.90 bits per heavy atom. The molecule has 3 aromatic rings. The van der Waals surface area contributed by atoms with Crippen LogP contribution in [0.4, 0.5) is 5.69 Å². The number of phosphoric acid groups is 1. The molecule has 12 nitrogen and oxygen atoms in total. The van der Waals surface area contributed by atoms with Crippen LogP contribution in [0.1, 0.15) is 6.23 Å². The zero-order chi connectivity index (χ0) is 21.5. The van der Waals surface area contributed by atoms with Gasteiger partial charge in [0.25, 0.3) is 0 Å². The number of benzene rings is 1. The molecule has 0 radical (unpaired) electrons. The number of ether oxygens (including phenoxy) is 1. The number of aromatic nitrogens is 4. The topological polar surface area (TPSA) is 186 Å². The van der Waals surface area contributed by atoms with Crippen LogP contribution in [0.25, 0.3) is 11.2 Å². The minimum absolute atomic E-state index is 0.357. The van der Waals surface area contributed by atoms with Crippen LogP contribution < -0.4 is 5.73 Å². The summed E-state index contributed by atoms with van der Waals surface area (Å²) in [5.41, 5.74) is 7.16. The third-order valence-corrected chi connectivity index (χ3v) is 5.92. The quantitative estimate of drug-likeness (QED) is 0.195. The first-order valence-corrected chi connectivity index (χ1v) is 11.0. The Morgan fingerprint density at radius 3 is 2.60 bits per heavy atom. The number of anilines is 1. The van der Waals surface area contributed by atoms with Gasteiger partial charge >= 0.3 is 7.82 Å². The lowest BCUT2D eigenvalue weighted by molar-refractivity contribution is -0.0504. The molecule has 0 aliphatic carbocycles. The molecule has 4 atom stereocenters. The summed E-state index contributed by atoms with van der Waals surface area (Å²) in [5, 5.41) is 21.1. The highest BCUT2D eigenvalue weighted by Crippen LogP contribution is 2.39. The molecule has 1 aromatic carbocycles. The second kappa shape index (κ2) is 8.21. The maximum atomic E-state index is 10.9. The molecule has 0 bridgehead atoms. The summed E-state index contributed by atoms with van der Waals surface area (Å²) >= 11 is 1.35. The molecule has 0 spiro atoms. The number of fused-ring (bicyclic) bond motifs is 1. The van der Waals surface area contributed by atoms with E-state index in [2.05, 4.69) is 19.5 Å². The fourth-order valence-electron chi connectivity index (χ4n) is 3.01. The van der Waals surface area contributed by atoms with Crippen LogP contribution in [0.3, 0.4) is 0 Å². The average Bonchev–Trinajstić information content (AvgIpc) is 3.24. The first-order valence-electron chi connectivity index (χ1n) is 8.65. The zero-order valence-electron chi connectivity index (χ0n) is 15.2. The van der Waals surface area contributed by atoms with Gasteiger partial charge in [-0.2, -0.15) is 0 Å². The van der Waals surface area contributed by atoms with E-state index in [9.17, 15) is 14.8 Å². The Hall–Kier alpha value is -2.09. The molecule has 4 unspecified atom stereocenters. The number of nitrogen functional groups attached to an aromatic ring is 1. The fraction of sp³-hybridized carbons (Fsp3) is 0.312. The number of aliphatic hydroxyl groups excluding tert-OH is 2. The molecular weight excluding hydrogens is 437 g/mol. The summed E-state index contributed by atoms with van der Waals surface area (Å²) in [6.45, 7) is -0.598. The smallest absolute Gasteiger partial charge is 0.399 e. The summed E-state index contributed by atoms with van der Waals surface area (Å²) in [5.74, 6) is 0. The molecule has 1 fully saturated rings. The van der Waals surface area contributed by atoms with Gasteiger partial charge in [-0.25, -0.2) is 19.5 Å². The monoisotopic (exact) mass is 455 g/mol. The van der Waals surface area contributed by atoms with Crippen LogP contribution in [0, 0.1) is 0 Å². The highest BCUT2D eigenvalue weighted by Gasteiger charge is 2.45. The molecule has 1 saturated heterocycles. The van der Waals surface area contributed by atoms with Gasteiger partial charge in [0.15, 0.2) is 11.9 Å².